The Kier molecular flexibility index (Phi) is 7.25. The SMILES string of the molecule is CC(OCCC1CCCCN1)c1ccccn1.Cl. The van der Waals surface area contributed by atoms with E-state index in [1.807, 2.05) is 24.4 Å². The normalized spacial score (nSPS) is 21.1. The quantitative estimate of drug-likeness (QED) is 0.893. The highest BCUT2D eigenvalue weighted by Gasteiger charge is 2.13. The summed E-state index contributed by atoms with van der Waals surface area (Å²) in [5, 5.41) is 3.54. The van der Waals surface area contributed by atoms with E-state index >= 15 is 0 Å². The standard InChI is InChI=1S/C14H22N2O.ClH/c1-12(14-7-3-5-10-16-14)17-11-8-13-6-2-4-9-15-13;/h3,5,7,10,12-13,15H,2,4,6,8-9,11H2,1H3;1H. The van der Waals surface area contributed by atoms with Gasteiger partial charge in [-0.25, -0.2) is 0 Å². The molecule has 0 bridgehead atoms. The van der Waals surface area contributed by atoms with Crippen LogP contribution in [-0.2, 0) is 4.74 Å². The summed E-state index contributed by atoms with van der Waals surface area (Å²) in [6.45, 7) is 4.05. The van der Waals surface area contributed by atoms with Crippen molar-refractivity contribution in [2.75, 3.05) is 13.2 Å². The maximum atomic E-state index is 5.83. The van der Waals surface area contributed by atoms with E-state index in [-0.39, 0.29) is 18.5 Å². The van der Waals surface area contributed by atoms with Crippen molar-refractivity contribution >= 4 is 12.4 Å². The first-order valence-electron chi connectivity index (χ1n) is 6.62. The van der Waals surface area contributed by atoms with Crippen LogP contribution < -0.4 is 5.32 Å². The Morgan fingerprint density at radius 3 is 3.00 bits per heavy atom. The Labute approximate surface area is 116 Å². The van der Waals surface area contributed by atoms with Gasteiger partial charge >= 0.3 is 0 Å². The van der Waals surface area contributed by atoms with E-state index in [1.54, 1.807) is 0 Å². The Balaban J connectivity index is 0.00000162. The summed E-state index contributed by atoms with van der Waals surface area (Å²) in [4.78, 5) is 4.30. The third-order valence-corrected chi connectivity index (χ3v) is 3.35. The number of rotatable bonds is 5. The molecule has 1 fully saturated rings. The van der Waals surface area contributed by atoms with E-state index in [0.717, 1.165) is 18.7 Å². The molecule has 2 unspecified atom stereocenters. The third-order valence-electron chi connectivity index (χ3n) is 3.35. The second-order valence-corrected chi connectivity index (χ2v) is 4.70. The molecule has 1 aromatic heterocycles. The highest BCUT2D eigenvalue weighted by atomic mass is 35.5. The highest BCUT2D eigenvalue weighted by Crippen LogP contribution is 2.15. The Bertz CT molecular complexity index is 315. The van der Waals surface area contributed by atoms with Crippen molar-refractivity contribution in [3.63, 3.8) is 0 Å². The van der Waals surface area contributed by atoms with Crippen molar-refractivity contribution in [3.05, 3.63) is 30.1 Å². The van der Waals surface area contributed by atoms with Gasteiger partial charge in [-0.15, -0.1) is 12.4 Å². The van der Waals surface area contributed by atoms with Gasteiger partial charge in [0.25, 0.3) is 0 Å². The van der Waals surface area contributed by atoms with Gasteiger partial charge in [-0.2, -0.15) is 0 Å². The van der Waals surface area contributed by atoms with E-state index in [1.165, 1.54) is 25.8 Å². The van der Waals surface area contributed by atoms with Gasteiger partial charge in [0.05, 0.1) is 11.8 Å². The van der Waals surface area contributed by atoms with Gasteiger partial charge in [0, 0.05) is 18.8 Å². The molecule has 1 N–H and O–H groups in total. The highest BCUT2D eigenvalue weighted by molar-refractivity contribution is 5.85. The summed E-state index contributed by atoms with van der Waals surface area (Å²) in [6.07, 6.45) is 6.99. The van der Waals surface area contributed by atoms with Gasteiger partial charge in [0.2, 0.25) is 0 Å². The molecule has 1 aromatic rings. The molecule has 2 atom stereocenters. The zero-order chi connectivity index (χ0) is 11.9. The predicted octanol–water partition coefficient (Wildman–Crippen LogP) is 3.11. The van der Waals surface area contributed by atoms with Crippen LogP contribution in [0.5, 0.6) is 0 Å². The van der Waals surface area contributed by atoms with Crippen molar-refractivity contribution in [1.82, 2.24) is 10.3 Å². The lowest BCUT2D eigenvalue weighted by molar-refractivity contribution is 0.0546. The van der Waals surface area contributed by atoms with Crippen molar-refractivity contribution in [3.8, 4) is 0 Å². The molecule has 2 rings (SSSR count). The first-order chi connectivity index (χ1) is 8.36. The molecule has 0 spiro atoms. The molecule has 2 heterocycles. The van der Waals surface area contributed by atoms with Crippen LogP contribution in [0.1, 0.15) is 44.4 Å². The Morgan fingerprint density at radius 2 is 2.33 bits per heavy atom. The molecule has 0 radical (unpaired) electrons. The topological polar surface area (TPSA) is 34.1 Å². The lowest BCUT2D eigenvalue weighted by Gasteiger charge is -2.24. The average molecular weight is 271 g/mol. The number of nitrogens with zero attached hydrogens (tertiary/aromatic N) is 1. The van der Waals surface area contributed by atoms with Crippen LogP contribution in [0, 0.1) is 0 Å². The van der Waals surface area contributed by atoms with Gasteiger partial charge in [-0.3, -0.25) is 4.98 Å². The Morgan fingerprint density at radius 1 is 1.44 bits per heavy atom. The summed E-state index contributed by atoms with van der Waals surface area (Å²) >= 11 is 0. The van der Waals surface area contributed by atoms with Gasteiger partial charge in [-0.05, 0) is 44.9 Å². The van der Waals surface area contributed by atoms with Crippen molar-refractivity contribution < 1.29 is 4.74 Å². The number of halogens is 1. The molecule has 0 aliphatic carbocycles. The molecule has 3 nitrogen and oxygen atoms in total. The van der Waals surface area contributed by atoms with Crippen LogP contribution in [0.25, 0.3) is 0 Å². The number of hydrogen-bond acceptors (Lipinski definition) is 3. The van der Waals surface area contributed by atoms with E-state index < -0.39 is 0 Å². The number of hydrogen-bond donors (Lipinski definition) is 1. The van der Waals surface area contributed by atoms with Gasteiger partial charge < -0.3 is 10.1 Å². The van der Waals surface area contributed by atoms with Crippen molar-refractivity contribution in [2.45, 2.75) is 44.8 Å². The van der Waals surface area contributed by atoms with Gasteiger partial charge in [0.1, 0.15) is 0 Å². The minimum Gasteiger partial charge on any atom is -0.372 e. The number of pyridine rings is 1. The van der Waals surface area contributed by atoms with Gasteiger partial charge in [-0.1, -0.05) is 12.5 Å². The third kappa shape index (κ3) is 4.92. The summed E-state index contributed by atoms with van der Waals surface area (Å²) < 4.78 is 5.83. The van der Waals surface area contributed by atoms with Crippen molar-refractivity contribution in [2.24, 2.45) is 0 Å². The second-order valence-electron chi connectivity index (χ2n) is 4.70. The zero-order valence-corrected chi connectivity index (χ0v) is 11.8. The zero-order valence-electron chi connectivity index (χ0n) is 11.0. The van der Waals surface area contributed by atoms with Gasteiger partial charge in [0.15, 0.2) is 0 Å². The summed E-state index contributed by atoms with van der Waals surface area (Å²) in [6, 6.07) is 6.61. The molecule has 0 amide bonds. The van der Waals surface area contributed by atoms with Crippen molar-refractivity contribution in [1.29, 1.82) is 0 Å². The fourth-order valence-electron chi connectivity index (χ4n) is 2.26. The lowest BCUT2D eigenvalue weighted by Crippen LogP contribution is -2.34. The van der Waals surface area contributed by atoms with E-state index in [9.17, 15) is 0 Å². The summed E-state index contributed by atoms with van der Waals surface area (Å²) in [5.41, 5.74) is 1.02. The van der Waals surface area contributed by atoms with Crippen LogP contribution in [-0.4, -0.2) is 24.2 Å². The molecule has 102 valence electrons. The fourth-order valence-corrected chi connectivity index (χ4v) is 2.26. The minimum absolute atomic E-state index is 0. The molecule has 1 aliphatic rings. The molecule has 1 saturated heterocycles. The van der Waals surface area contributed by atoms with Crippen LogP contribution in [0.15, 0.2) is 24.4 Å². The second kappa shape index (κ2) is 8.46. The maximum Gasteiger partial charge on any atom is 0.0966 e. The maximum absolute atomic E-state index is 5.83. The number of piperidine rings is 1. The predicted molar refractivity (Wildman–Crippen MR) is 76.1 cm³/mol. The monoisotopic (exact) mass is 270 g/mol. The summed E-state index contributed by atoms with van der Waals surface area (Å²) in [7, 11) is 0. The van der Waals surface area contributed by atoms with Crippen LogP contribution in [0.3, 0.4) is 0 Å². The molecular formula is C14H23ClN2O. The molecular weight excluding hydrogens is 248 g/mol. The summed E-state index contributed by atoms with van der Waals surface area (Å²) in [5.74, 6) is 0. The van der Waals surface area contributed by atoms with Crippen LogP contribution in [0.4, 0.5) is 0 Å². The number of aromatic nitrogens is 1. The first kappa shape index (κ1) is 15.4. The lowest BCUT2D eigenvalue weighted by atomic mass is 10.0. The smallest absolute Gasteiger partial charge is 0.0966 e. The van der Waals surface area contributed by atoms with Crippen LogP contribution >= 0.6 is 12.4 Å². The first-order valence-corrected chi connectivity index (χ1v) is 6.62. The van der Waals surface area contributed by atoms with E-state index in [0.29, 0.717) is 6.04 Å². The minimum atomic E-state index is 0. The molecule has 18 heavy (non-hydrogen) atoms. The average Bonchev–Trinajstić information content (AvgIpc) is 2.41. The van der Waals surface area contributed by atoms with E-state index in [2.05, 4.69) is 17.2 Å². The molecule has 1 aliphatic heterocycles. The number of ether oxygens (including phenoxy) is 1. The van der Waals surface area contributed by atoms with E-state index in [4.69, 9.17) is 4.74 Å². The fraction of sp³-hybridized carbons (Fsp3) is 0.643. The molecule has 0 aromatic carbocycles. The Hall–Kier alpha value is -0.640. The largest absolute Gasteiger partial charge is 0.372 e. The molecule has 0 saturated carbocycles. The van der Waals surface area contributed by atoms with Crippen LogP contribution in [0.2, 0.25) is 0 Å². The molecule has 4 heteroatoms. The number of nitrogens with one attached hydrogen (secondary N) is 1.